The predicted octanol–water partition coefficient (Wildman–Crippen LogP) is 1.51. The van der Waals surface area contributed by atoms with Crippen molar-refractivity contribution in [1.29, 1.82) is 0 Å². The molecule has 2 bridgehead atoms. The van der Waals surface area contributed by atoms with E-state index in [1.807, 2.05) is 0 Å². The van der Waals surface area contributed by atoms with Gasteiger partial charge in [-0.25, -0.2) is 13.6 Å². The van der Waals surface area contributed by atoms with Gasteiger partial charge in [-0.1, -0.05) is 20.8 Å². The van der Waals surface area contributed by atoms with Crippen LogP contribution in [0.5, 0.6) is 0 Å². The molecule has 5 heteroatoms. The maximum Gasteiger partial charge on any atom is 0.211 e. The standard InChI is InChI=1S/C12H23NO3S/c1-11(2)9-4-5-12(11,3)10(8-9)16-6-7-17(13,14)15/h9-10H,4-8H2,1-3H3,(H2,13,14,15). The lowest BCUT2D eigenvalue weighted by atomic mass is 9.70. The van der Waals surface area contributed by atoms with Crippen LogP contribution in [0.2, 0.25) is 0 Å². The van der Waals surface area contributed by atoms with E-state index in [1.165, 1.54) is 12.8 Å². The predicted molar refractivity (Wildman–Crippen MR) is 66.9 cm³/mol. The van der Waals surface area contributed by atoms with Crippen molar-refractivity contribution in [3.05, 3.63) is 0 Å². The third-order valence-electron chi connectivity index (χ3n) is 5.40. The molecule has 0 aromatic heterocycles. The van der Waals surface area contributed by atoms with Gasteiger partial charge in [-0.3, -0.25) is 0 Å². The summed E-state index contributed by atoms with van der Waals surface area (Å²) in [6.07, 6.45) is 3.72. The first-order valence-electron chi connectivity index (χ1n) is 6.29. The summed E-state index contributed by atoms with van der Waals surface area (Å²) in [6.45, 7) is 7.13. The molecule has 4 nitrogen and oxygen atoms in total. The van der Waals surface area contributed by atoms with E-state index in [0.717, 1.165) is 6.42 Å². The molecule has 3 unspecified atom stereocenters. The number of fused-ring (bicyclic) bond motifs is 2. The molecule has 0 amide bonds. The van der Waals surface area contributed by atoms with Crippen molar-refractivity contribution in [3.8, 4) is 0 Å². The number of primary sulfonamides is 1. The van der Waals surface area contributed by atoms with Gasteiger partial charge in [-0.05, 0) is 36.0 Å². The first-order chi connectivity index (χ1) is 7.67. The van der Waals surface area contributed by atoms with Crippen LogP contribution in [0.15, 0.2) is 0 Å². The van der Waals surface area contributed by atoms with Gasteiger partial charge in [-0.15, -0.1) is 0 Å². The summed E-state index contributed by atoms with van der Waals surface area (Å²) in [7, 11) is -3.40. The van der Waals surface area contributed by atoms with Crippen LogP contribution in [0, 0.1) is 16.7 Å². The number of rotatable bonds is 4. The van der Waals surface area contributed by atoms with Gasteiger partial charge in [0.1, 0.15) is 0 Å². The van der Waals surface area contributed by atoms with Crippen LogP contribution in [0.4, 0.5) is 0 Å². The van der Waals surface area contributed by atoms with E-state index < -0.39 is 10.0 Å². The van der Waals surface area contributed by atoms with Crippen LogP contribution in [0.1, 0.15) is 40.0 Å². The zero-order chi connectivity index (χ0) is 12.9. The maximum atomic E-state index is 10.9. The van der Waals surface area contributed by atoms with E-state index in [9.17, 15) is 8.42 Å². The van der Waals surface area contributed by atoms with Gasteiger partial charge in [0.05, 0.1) is 18.5 Å². The summed E-state index contributed by atoms with van der Waals surface area (Å²) in [4.78, 5) is 0. The smallest absolute Gasteiger partial charge is 0.211 e. The Morgan fingerprint density at radius 2 is 2.00 bits per heavy atom. The van der Waals surface area contributed by atoms with Gasteiger partial charge in [0.2, 0.25) is 10.0 Å². The van der Waals surface area contributed by atoms with Gasteiger partial charge in [0, 0.05) is 0 Å². The minimum absolute atomic E-state index is 0.0787. The lowest BCUT2D eigenvalue weighted by Gasteiger charge is -2.38. The average Bonchev–Trinajstić information content (AvgIpc) is 2.48. The molecule has 0 heterocycles. The Morgan fingerprint density at radius 1 is 1.35 bits per heavy atom. The van der Waals surface area contributed by atoms with E-state index in [-0.39, 0.29) is 23.9 Å². The minimum Gasteiger partial charge on any atom is -0.377 e. The first kappa shape index (κ1) is 13.3. The van der Waals surface area contributed by atoms with Crippen molar-refractivity contribution < 1.29 is 13.2 Å². The maximum absolute atomic E-state index is 10.9. The summed E-state index contributed by atoms with van der Waals surface area (Å²) in [5.74, 6) is 0.636. The van der Waals surface area contributed by atoms with Gasteiger partial charge < -0.3 is 4.74 Å². The Labute approximate surface area is 104 Å². The van der Waals surface area contributed by atoms with Crippen LogP contribution in [-0.4, -0.2) is 26.9 Å². The molecule has 2 saturated carbocycles. The zero-order valence-corrected chi connectivity index (χ0v) is 11.7. The molecule has 0 radical (unpaired) electrons. The third kappa shape index (κ3) is 2.13. The molecule has 2 aliphatic rings. The van der Waals surface area contributed by atoms with Crippen LogP contribution >= 0.6 is 0 Å². The molecule has 0 aromatic carbocycles. The Bertz CT molecular complexity index is 404. The monoisotopic (exact) mass is 261 g/mol. The molecule has 17 heavy (non-hydrogen) atoms. The van der Waals surface area contributed by atoms with Crippen LogP contribution in [0.25, 0.3) is 0 Å². The second-order valence-electron chi connectivity index (χ2n) is 6.34. The number of hydrogen-bond acceptors (Lipinski definition) is 3. The van der Waals surface area contributed by atoms with Gasteiger partial charge in [0.25, 0.3) is 0 Å². The summed E-state index contributed by atoms with van der Waals surface area (Å²) >= 11 is 0. The number of hydrogen-bond donors (Lipinski definition) is 1. The van der Waals surface area contributed by atoms with E-state index in [1.54, 1.807) is 0 Å². The van der Waals surface area contributed by atoms with E-state index in [4.69, 9.17) is 9.88 Å². The van der Waals surface area contributed by atoms with E-state index in [0.29, 0.717) is 11.3 Å². The second kappa shape index (κ2) is 3.93. The van der Waals surface area contributed by atoms with Crippen molar-refractivity contribution in [2.24, 2.45) is 21.9 Å². The highest BCUT2D eigenvalue weighted by atomic mass is 32.2. The number of sulfonamides is 1. The molecule has 2 fully saturated rings. The molecular formula is C12H23NO3S. The van der Waals surface area contributed by atoms with Crippen molar-refractivity contribution in [2.75, 3.05) is 12.4 Å². The second-order valence-corrected chi connectivity index (χ2v) is 8.07. The van der Waals surface area contributed by atoms with E-state index in [2.05, 4.69) is 20.8 Å². The van der Waals surface area contributed by atoms with Crippen LogP contribution in [-0.2, 0) is 14.8 Å². The van der Waals surface area contributed by atoms with Crippen molar-refractivity contribution >= 4 is 10.0 Å². The molecular weight excluding hydrogens is 238 g/mol. The Morgan fingerprint density at radius 3 is 2.41 bits per heavy atom. The summed E-state index contributed by atoms with van der Waals surface area (Å²) in [5.41, 5.74) is 0.495. The van der Waals surface area contributed by atoms with Crippen molar-refractivity contribution in [2.45, 2.75) is 46.1 Å². The minimum atomic E-state index is -3.40. The Kier molecular flexibility index (Phi) is 3.08. The molecule has 2 N–H and O–H groups in total. The SMILES string of the molecule is CC1(C)C2CCC1(C)C(OCCS(N)(=O)=O)C2. The molecule has 0 aromatic rings. The average molecular weight is 261 g/mol. The quantitative estimate of drug-likeness (QED) is 0.834. The fraction of sp³-hybridized carbons (Fsp3) is 1.00. The largest absolute Gasteiger partial charge is 0.377 e. The highest BCUT2D eigenvalue weighted by Gasteiger charge is 2.61. The van der Waals surface area contributed by atoms with Gasteiger partial charge in [-0.2, -0.15) is 0 Å². The highest BCUT2D eigenvalue weighted by Crippen LogP contribution is 2.66. The lowest BCUT2D eigenvalue weighted by molar-refractivity contribution is -0.0406. The molecule has 0 spiro atoms. The fourth-order valence-electron chi connectivity index (χ4n) is 3.69. The summed E-state index contributed by atoms with van der Waals surface area (Å²) < 4.78 is 27.5. The van der Waals surface area contributed by atoms with Gasteiger partial charge in [0.15, 0.2) is 0 Å². The molecule has 2 aliphatic carbocycles. The van der Waals surface area contributed by atoms with Crippen molar-refractivity contribution in [1.82, 2.24) is 0 Å². The molecule has 100 valence electrons. The molecule has 0 saturated heterocycles. The lowest BCUT2D eigenvalue weighted by Crippen LogP contribution is -2.38. The Balaban J connectivity index is 1.97. The fourth-order valence-corrected chi connectivity index (χ4v) is 4.02. The van der Waals surface area contributed by atoms with Crippen molar-refractivity contribution in [3.63, 3.8) is 0 Å². The molecule has 0 aliphatic heterocycles. The van der Waals surface area contributed by atoms with E-state index >= 15 is 0 Å². The summed E-state index contributed by atoms with van der Waals surface area (Å²) in [6, 6.07) is 0. The molecule has 2 rings (SSSR count). The summed E-state index contributed by atoms with van der Waals surface area (Å²) in [5, 5.41) is 4.97. The zero-order valence-electron chi connectivity index (χ0n) is 10.9. The van der Waals surface area contributed by atoms with Gasteiger partial charge >= 0.3 is 0 Å². The number of nitrogens with two attached hydrogens (primary N) is 1. The third-order valence-corrected chi connectivity index (χ3v) is 6.14. The normalized spacial score (nSPS) is 39.8. The van der Waals surface area contributed by atoms with Crippen LogP contribution in [0.3, 0.4) is 0 Å². The first-order valence-corrected chi connectivity index (χ1v) is 8.00. The topological polar surface area (TPSA) is 69.4 Å². The number of ether oxygens (including phenoxy) is 1. The van der Waals surface area contributed by atoms with Crippen LogP contribution < -0.4 is 5.14 Å². The highest BCUT2D eigenvalue weighted by molar-refractivity contribution is 7.89. The Hall–Kier alpha value is -0.130. The molecule has 3 atom stereocenters.